The van der Waals surface area contributed by atoms with Gasteiger partial charge < -0.3 is 19.5 Å². The topological polar surface area (TPSA) is 111 Å². The van der Waals surface area contributed by atoms with Crippen LogP contribution >= 0.6 is 0 Å². The van der Waals surface area contributed by atoms with Gasteiger partial charge in [0.1, 0.15) is 24.6 Å². The van der Waals surface area contributed by atoms with Gasteiger partial charge >= 0.3 is 6.09 Å². The molecule has 35 heavy (non-hydrogen) atoms. The number of rotatable bonds is 6. The lowest BCUT2D eigenvalue weighted by Gasteiger charge is -2.18. The lowest BCUT2D eigenvalue weighted by Crippen LogP contribution is -2.32. The lowest BCUT2D eigenvalue weighted by atomic mass is 10.1. The van der Waals surface area contributed by atoms with Gasteiger partial charge in [0.05, 0.1) is 5.56 Å². The Hall–Kier alpha value is -4.08. The molecule has 1 N–H and O–H groups in total. The van der Waals surface area contributed by atoms with Crippen LogP contribution in [-0.4, -0.2) is 59.6 Å². The molecule has 0 saturated carbocycles. The number of ether oxygens (including phenoxy) is 1. The molecule has 1 aromatic carbocycles. The average molecular weight is 473 g/mol. The predicted molar refractivity (Wildman–Crippen MR) is 132 cm³/mol. The van der Waals surface area contributed by atoms with Crippen molar-refractivity contribution >= 4 is 23.1 Å². The normalized spacial score (nSPS) is 17.6. The Balaban J connectivity index is 1.33. The molecule has 10 nitrogen and oxygen atoms in total. The highest BCUT2D eigenvalue weighted by Crippen LogP contribution is 2.28. The van der Waals surface area contributed by atoms with E-state index in [1.165, 1.54) is 0 Å². The molecule has 180 valence electrons. The van der Waals surface area contributed by atoms with Crippen molar-refractivity contribution in [3.05, 3.63) is 60.4 Å². The highest BCUT2D eigenvalue weighted by molar-refractivity contribution is 5.86. The summed E-state index contributed by atoms with van der Waals surface area (Å²) >= 11 is 0. The zero-order chi connectivity index (χ0) is 24.4. The summed E-state index contributed by atoms with van der Waals surface area (Å²) in [6, 6.07) is 9.69. The first kappa shape index (κ1) is 22.7. The first-order chi connectivity index (χ1) is 17.0. The van der Waals surface area contributed by atoms with Crippen molar-refractivity contribution in [1.29, 1.82) is 0 Å². The summed E-state index contributed by atoms with van der Waals surface area (Å²) in [5, 5.41) is 3.51. The fraction of sp³-hybridized carbons (Fsp3) is 0.360. The van der Waals surface area contributed by atoms with E-state index < -0.39 is 0 Å². The Morgan fingerprint density at radius 2 is 1.89 bits per heavy atom. The maximum absolute atomic E-state index is 12.7. The fourth-order valence-electron chi connectivity index (χ4n) is 4.36. The Morgan fingerprint density at radius 1 is 1.11 bits per heavy atom. The number of aryl methyl sites for hydroxylation is 2. The third-order valence-corrected chi connectivity index (χ3v) is 6.29. The molecule has 1 saturated heterocycles. The second-order valence-corrected chi connectivity index (χ2v) is 8.77. The van der Waals surface area contributed by atoms with E-state index in [0.717, 1.165) is 22.6 Å². The number of carbonyl (C=O) groups is 1. The Labute approximate surface area is 203 Å². The van der Waals surface area contributed by atoms with Crippen molar-refractivity contribution in [1.82, 2.24) is 34.4 Å². The van der Waals surface area contributed by atoms with E-state index in [1.54, 1.807) is 23.6 Å². The van der Waals surface area contributed by atoms with E-state index in [1.807, 2.05) is 48.7 Å². The lowest BCUT2D eigenvalue weighted by molar-refractivity contribution is 0.103. The van der Waals surface area contributed by atoms with Crippen molar-refractivity contribution in [3.63, 3.8) is 0 Å². The third-order valence-electron chi connectivity index (χ3n) is 6.29. The van der Waals surface area contributed by atoms with Gasteiger partial charge in [0, 0.05) is 38.1 Å². The van der Waals surface area contributed by atoms with Gasteiger partial charge in [0.25, 0.3) is 0 Å². The number of fused-ring (bicyclic) bond motifs is 1. The van der Waals surface area contributed by atoms with E-state index in [0.29, 0.717) is 36.8 Å². The zero-order valence-corrected chi connectivity index (χ0v) is 20.0. The summed E-state index contributed by atoms with van der Waals surface area (Å²) in [4.78, 5) is 36.9. The number of amides is 1. The molecule has 1 aliphatic rings. The van der Waals surface area contributed by atoms with Gasteiger partial charge in [0.2, 0.25) is 0 Å². The number of hydrogen-bond acceptors (Lipinski definition) is 8. The summed E-state index contributed by atoms with van der Waals surface area (Å²) in [5.41, 5.74) is 3.21. The van der Waals surface area contributed by atoms with Crippen molar-refractivity contribution in [2.45, 2.75) is 40.0 Å². The standard InChI is InChI=1S/C25H28N8O2/c1-4-33-23(19-10-26-17(3)27-11-19)31-21-22(28-15-29-24(21)33)30-20-13-32(12-16(20)2)25(34)35-14-18-8-6-5-7-9-18/h5-11,15-16,20H,4,12-14H2,1-3H3,(H,28,29,30). The summed E-state index contributed by atoms with van der Waals surface area (Å²) in [7, 11) is 0. The number of benzene rings is 1. The third kappa shape index (κ3) is 4.64. The summed E-state index contributed by atoms with van der Waals surface area (Å²) < 4.78 is 7.56. The minimum absolute atomic E-state index is 0.00955. The number of anilines is 1. The predicted octanol–water partition coefficient (Wildman–Crippen LogP) is 3.68. The molecule has 0 radical (unpaired) electrons. The van der Waals surface area contributed by atoms with Crippen molar-refractivity contribution in [3.8, 4) is 11.4 Å². The van der Waals surface area contributed by atoms with Gasteiger partial charge in [-0.15, -0.1) is 0 Å². The fourth-order valence-corrected chi connectivity index (χ4v) is 4.36. The van der Waals surface area contributed by atoms with Gasteiger partial charge in [-0.3, -0.25) is 0 Å². The second-order valence-electron chi connectivity index (χ2n) is 8.77. The smallest absolute Gasteiger partial charge is 0.410 e. The SMILES string of the molecule is CCn1c(-c2cnc(C)nc2)nc2c(NC3CN(C(=O)OCc4ccccc4)CC3C)ncnc21. The monoisotopic (exact) mass is 472 g/mol. The number of likely N-dealkylation sites (tertiary alicyclic amines) is 1. The van der Waals surface area contributed by atoms with Crippen molar-refractivity contribution in [2.24, 2.45) is 5.92 Å². The first-order valence-corrected chi connectivity index (χ1v) is 11.8. The number of imidazole rings is 1. The molecule has 2 unspecified atom stereocenters. The zero-order valence-electron chi connectivity index (χ0n) is 20.0. The van der Waals surface area contributed by atoms with Gasteiger partial charge in [-0.25, -0.2) is 29.7 Å². The number of hydrogen-bond donors (Lipinski definition) is 1. The minimum Gasteiger partial charge on any atom is -0.445 e. The molecule has 1 aliphatic heterocycles. The number of nitrogens with zero attached hydrogens (tertiary/aromatic N) is 7. The Bertz CT molecular complexity index is 1320. The van der Waals surface area contributed by atoms with Gasteiger partial charge in [-0.05, 0) is 25.3 Å². The van der Waals surface area contributed by atoms with Gasteiger partial charge in [0.15, 0.2) is 17.0 Å². The van der Waals surface area contributed by atoms with Crippen LogP contribution in [0.4, 0.5) is 10.6 Å². The largest absolute Gasteiger partial charge is 0.445 e. The van der Waals surface area contributed by atoms with Crippen LogP contribution in [0.3, 0.4) is 0 Å². The van der Waals surface area contributed by atoms with Crippen molar-refractivity contribution < 1.29 is 9.53 Å². The highest BCUT2D eigenvalue weighted by Gasteiger charge is 2.34. The quantitative estimate of drug-likeness (QED) is 0.452. The van der Waals surface area contributed by atoms with Gasteiger partial charge in [-0.1, -0.05) is 37.3 Å². The van der Waals surface area contributed by atoms with E-state index in [-0.39, 0.29) is 24.7 Å². The molecule has 5 rings (SSSR count). The molecular formula is C25H28N8O2. The number of aromatic nitrogens is 6. The molecule has 0 spiro atoms. The molecule has 3 aromatic heterocycles. The number of carbonyl (C=O) groups excluding carboxylic acids is 1. The number of nitrogens with one attached hydrogen (secondary N) is 1. The summed E-state index contributed by atoms with van der Waals surface area (Å²) in [6.07, 6.45) is 4.77. The molecule has 10 heteroatoms. The van der Waals surface area contributed by atoms with Crippen molar-refractivity contribution in [2.75, 3.05) is 18.4 Å². The van der Waals surface area contributed by atoms with E-state index in [9.17, 15) is 4.79 Å². The van der Waals surface area contributed by atoms with Crippen LogP contribution < -0.4 is 5.32 Å². The van der Waals surface area contributed by atoms with E-state index >= 15 is 0 Å². The highest BCUT2D eigenvalue weighted by atomic mass is 16.6. The Morgan fingerprint density at radius 3 is 2.63 bits per heavy atom. The molecule has 4 heterocycles. The van der Waals surface area contributed by atoms with Crippen LogP contribution in [0.1, 0.15) is 25.2 Å². The molecule has 0 aliphatic carbocycles. The maximum Gasteiger partial charge on any atom is 0.410 e. The molecule has 2 atom stereocenters. The summed E-state index contributed by atoms with van der Waals surface area (Å²) in [6.45, 7) is 8.09. The van der Waals surface area contributed by atoms with Crippen LogP contribution in [0.25, 0.3) is 22.6 Å². The maximum atomic E-state index is 12.7. The average Bonchev–Trinajstić information content (AvgIpc) is 3.44. The summed E-state index contributed by atoms with van der Waals surface area (Å²) in [5.74, 6) is 2.31. The van der Waals surface area contributed by atoms with Crippen LogP contribution in [0.2, 0.25) is 0 Å². The molecular weight excluding hydrogens is 444 g/mol. The van der Waals surface area contributed by atoms with Crippen LogP contribution in [0.5, 0.6) is 0 Å². The van der Waals surface area contributed by atoms with Crippen LogP contribution in [-0.2, 0) is 17.9 Å². The second kappa shape index (κ2) is 9.65. The first-order valence-electron chi connectivity index (χ1n) is 11.8. The molecule has 1 fully saturated rings. The Kier molecular flexibility index (Phi) is 6.26. The van der Waals surface area contributed by atoms with E-state index in [4.69, 9.17) is 9.72 Å². The molecule has 1 amide bonds. The van der Waals surface area contributed by atoms with Crippen LogP contribution in [0.15, 0.2) is 49.1 Å². The minimum atomic E-state index is -0.310. The molecule has 0 bridgehead atoms. The van der Waals surface area contributed by atoms with Gasteiger partial charge in [-0.2, -0.15) is 0 Å². The molecule has 4 aromatic rings. The van der Waals surface area contributed by atoms with Crippen LogP contribution in [0, 0.1) is 12.8 Å². The van der Waals surface area contributed by atoms with E-state index in [2.05, 4.69) is 32.2 Å².